The van der Waals surface area contributed by atoms with Crippen molar-refractivity contribution in [3.63, 3.8) is 0 Å². The van der Waals surface area contributed by atoms with Gasteiger partial charge in [0.25, 0.3) is 5.91 Å². The lowest BCUT2D eigenvalue weighted by Gasteiger charge is -2.34. The van der Waals surface area contributed by atoms with Crippen LogP contribution in [0.1, 0.15) is 43.5 Å². The first-order valence-corrected chi connectivity index (χ1v) is 11.8. The van der Waals surface area contributed by atoms with E-state index in [1.807, 2.05) is 52.1 Å². The highest BCUT2D eigenvalue weighted by molar-refractivity contribution is 5.98. The predicted octanol–water partition coefficient (Wildman–Crippen LogP) is 4.46. The number of piperidine rings is 1. The molecule has 1 aromatic carbocycles. The Hall–Kier alpha value is -2.93. The zero-order chi connectivity index (χ0) is 23.0. The summed E-state index contributed by atoms with van der Waals surface area (Å²) in [5.74, 6) is 1.66. The molecule has 4 heterocycles. The van der Waals surface area contributed by atoms with Gasteiger partial charge in [-0.1, -0.05) is 0 Å². The van der Waals surface area contributed by atoms with Gasteiger partial charge < -0.3 is 14.2 Å². The lowest BCUT2D eigenvalue weighted by atomic mass is 10.0. The number of likely N-dealkylation sites (tertiary alicyclic amines) is 2. The number of nitrogens with zero attached hydrogens (tertiary/aromatic N) is 4. The number of aromatic nitrogens is 2. The summed E-state index contributed by atoms with van der Waals surface area (Å²) >= 11 is 0. The Bertz CT molecular complexity index is 1120. The highest BCUT2D eigenvalue weighted by atomic mass is 19.1. The first-order chi connectivity index (χ1) is 15.9. The van der Waals surface area contributed by atoms with E-state index in [1.54, 1.807) is 20.0 Å². The molecule has 0 unspecified atom stereocenters. The topological polar surface area (TPSA) is 50.6 Å². The van der Waals surface area contributed by atoms with Crippen molar-refractivity contribution in [3.05, 3.63) is 54.4 Å². The lowest BCUT2D eigenvalue weighted by Crippen LogP contribution is -2.43. The quantitative estimate of drug-likeness (QED) is 0.556. The van der Waals surface area contributed by atoms with Gasteiger partial charge in [0.1, 0.15) is 23.3 Å². The van der Waals surface area contributed by atoms with Crippen LogP contribution in [0, 0.1) is 0 Å². The SMILES string of the molecule is CC(C)(F)CN1CCC(Oc2ccc(-n3ccc4cc(C(=O)N5CCC5)ccc43)nc2)CC1. The van der Waals surface area contributed by atoms with Crippen LogP contribution in [0.15, 0.2) is 48.8 Å². The molecule has 0 saturated carbocycles. The zero-order valence-electron chi connectivity index (χ0n) is 19.3. The Morgan fingerprint density at radius 3 is 2.55 bits per heavy atom. The largest absolute Gasteiger partial charge is 0.489 e. The number of alkyl halides is 1. The molecule has 2 aliphatic heterocycles. The summed E-state index contributed by atoms with van der Waals surface area (Å²) in [5.41, 5.74) is 0.582. The van der Waals surface area contributed by atoms with Gasteiger partial charge in [-0.05, 0) is 69.5 Å². The highest BCUT2D eigenvalue weighted by Crippen LogP contribution is 2.25. The van der Waals surface area contributed by atoms with Crippen LogP contribution < -0.4 is 4.74 Å². The maximum Gasteiger partial charge on any atom is 0.253 e. The van der Waals surface area contributed by atoms with Crippen LogP contribution in [-0.2, 0) is 0 Å². The summed E-state index contributed by atoms with van der Waals surface area (Å²) in [7, 11) is 0. The van der Waals surface area contributed by atoms with Gasteiger partial charge in [0.05, 0.1) is 11.7 Å². The molecule has 3 aromatic rings. The summed E-state index contributed by atoms with van der Waals surface area (Å²) in [6.07, 6.45) is 6.74. The molecule has 2 aromatic heterocycles. The van der Waals surface area contributed by atoms with Gasteiger partial charge in [-0.15, -0.1) is 0 Å². The van der Waals surface area contributed by atoms with Gasteiger partial charge in [0.15, 0.2) is 0 Å². The first-order valence-electron chi connectivity index (χ1n) is 11.8. The third-order valence-electron chi connectivity index (χ3n) is 6.48. The third kappa shape index (κ3) is 4.88. The van der Waals surface area contributed by atoms with Crippen molar-refractivity contribution in [2.24, 2.45) is 0 Å². The normalized spacial score (nSPS) is 17.8. The molecule has 33 heavy (non-hydrogen) atoms. The third-order valence-corrected chi connectivity index (χ3v) is 6.48. The Kier molecular flexibility index (Phi) is 5.83. The number of hydrogen-bond donors (Lipinski definition) is 0. The van der Waals surface area contributed by atoms with E-state index in [9.17, 15) is 9.18 Å². The van der Waals surface area contributed by atoms with E-state index in [1.165, 1.54) is 0 Å². The number of halogens is 1. The molecule has 0 aliphatic carbocycles. The molecule has 0 N–H and O–H groups in total. The fourth-order valence-electron chi connectivity index (χ4n) is 4.67. The smallest absolute Gasteiger partial charge is 0.253 e. The predicted molar refractivity (Wildman–Crippen MR) is 127 cm³/mol. The Labute approximate surface area is 194 Å². The van der Waals surface area contributed by atoms with Gasteiger partial charge in [0, 0.05) is 49.9 Å². The van der Waals surface area contributed by atoms with Crippen LogP contribution in [0.3, 0.4) is 0 Å². The molecule has 2 saturated heterocycles. The summed E-state index contributed by atoms with van der Waals surface area (Å²) in [6.45, 7) is 7.12. The van der Waals surface area contributed by atoms with Crippen molar-refractivity contribution in [2.75, 3.05) is 32.7 Å². The Balaban J connectivity index is 1.23. The van der Waals surface area contributed by atoms with E-state index in [0.29, 0.717) is 6.54 Å². The van der Waals surface area contributed by atoms with Crippen LogP contribution >= 0.6 is 0 Å². The average molecular weight is 451 g/mol. The molecule has 0 atom stereocenters. The molecule has 1 amide bonds. The second-order valence-corrected chi connectivity index (χ2v) is 9.77. The van der Waals surface area contributed by atoms with E-state index in [2.05, 4.69) is 9.88 Å². The number of pyridine rings is 1. The molecular weight excluding hydrogens is 419 g/mol. The molecule has 174 valence electrons. The van der Waals surface area contributed by atoms with Crippen molar-refractivity contribution in [1.82, 2.24) is 19.4 Å². The van der Waals surface area contributed by atoms with Crippen molar-refractivity contribution < 1.29 is 13.9 Å². The van der Waals surface area contributed by atoms with E-state index in [0.717, 1.165) is 73.5 Å². The molecule has 0 spiro atoms. The monoisotopic (exact) mass is 450 g/mol. The Morgan fingerprint density at radius 2 is 1.91 bits per heavy atom. The summed E-state index contributed by atoms with van der Waals surface area (Å²) in [4.78, 5) is 21.2. The van der Waals surface area contributed by atoms with Crippen LogP contribution in [0.2, 0.25) is 0 Å². The summed E-state index contributed by atoms with van der Waals surface area (Å²) in [5, 5.41) is 1.02. The van der Waals surface area contributed by atoms with Gasteiger partial charge in [-0.3, -0.25) is 9.69 Å². The van der Waals surface area contributed by atoms with Gasteiger partial charge in [-0.25, -0.2) is 9.37 Å². The number of hydrogen-bond acceptors (Lipinski definition) is 4. The van der Waals surface area contributed by atoms with E-state index < -0.39 is 5.67 Å². The molecule has 0 radical (unpaired) electrons. The minimum absolute atomic E-state index is 0.106. The lowest BCUT2D eigenvalue weighted by molar-refractivity contribution is 0.0627. The first kappa shape index (κ1) is 21.9. The number of ether oxygens (including phenoxy) is 1. The number of amides is 1. The molecule has 2 fully saturated rings. The van der Waals surface area contributed by atoms with Crippen molar-refractivity contribution >= 4 is 16.8 Å². The minimum Gasteiger partial charge on any atom is -0.489 e. The van der Waals surface area contributed by atoms with Crippen LogP contribution in [0.5, 0.6) is 5.75 Å². The summed E-state index contributed by atoms with van der Waals surface area (Å²) in [6, 6.07) is 11.8. The van der Waals surface area contributed by atoms with E-state index in [-0.39, 0.29) is 12.0 Å². The van der Waals surface area contributed by atoms with E-state index in [4.69, 9.17) is 4.74 Å². The molecule has 7 heteroatoms. The molecular formula is C26H31FN4O2. The van der Waals surface area contributed by atoms with Gasteiger partial charge in [0.2, 0.25) is 0 Å². The Morgan fingerprint density at radius 1 is 1.12 bits per heavy atom. The second kappa shape index (κ2) is 8.78. The molecule has 2 aliphatic rings. The molecule has 6 nitrogen and oxygen atoms in total. The average Bonchev–Trinajstić information content (AvgIpc) is 3.17. The number of benzene rings is 1. The van der Waals surface area contributed by atoms with Crippen LogP contribution in [-0.4, -0.2) is 69.8 Å². The molecule has 5 rings (SSSR count). The maximum absolute atomic E-state index is 13.9. The van der Waals surface area contributed by atoms with Crippen LogP contribution in [0.4, 0.5) is 4.39 Å². The minimum atomic E-state index is -1.16. The number of fused-ring (bicyclic) bond motifs is 1. The second-order valence-electron chi connectivity index (χ2n) is 9.77. The number of carbonyl (C=O) groups is 1. The fraction of sp³-hybridized carbons (Fsp3) is 0.462. The fourth-order valence-corrected chi connectivity index (χ4v) is 4.67. The summed E-state index contributed by atoms with van der Waals surface area (Å²) < 4.78 is 22.0. The zero-order valence-corrected chi connectivity index (χ0v) is 19.3. The van der Waals surface area contributed by atoms with Gasteiger partial charge >= 0.3 is 0 Å². The van der Waals surface area contributed by atoms with Crippen molar-refractivity contribution in [1.29, 1.82) is 0 Å². The maximum atomic E-state index is 13.9. The van der Waals surface area contributed by atoms with Crippen LogP contribution in [0.25, 0.3) is 16.7 Å². The molecule has 0 bridgehead atoms. The van der Waals surface area contributed by atoms with Gasteiger partial charge in [-0.2, -0.15) is 0 Å². The van der Waals surface area contributed by atoms with Crippen molar-refractivity contribution in [3.8, 4) is 11.6 Å². The van der Waals surface area contributed by atoms with E-state index >= 15 is 0 Å². The number of rotatable bonds is 6. The van der Waals surface area contributed by atoms with Crippen molar-refractivity contribution in [2.45, 2.75) is 44.9 Å². The highest BCUT2D eigenvalue weighted by Gasteiger charge is 2.26. The standard InChI is InChI=1S/C26H31FN4O2/c1-26(2,27)18-29-13-9-21(10-14-29)33-22-5-7-24(28-17-22)31-15-8-19-16-20(4-6-23(19)31)25(32)30-11-3-12-30/h4-8,15-17,21H,3,9-14,18H2,1-2H3. The number of carbonyl (C=O) groups excluding carboxylic acids is 1.